The van der Waals surface area contributed by atoms with Gasteiger partial charge in [0, 0.05) is 38.8 Å². The number of amides is 1. The minimum Gasteiger partial charge on any atom is -0.373 e. The zero-order valence-corrected chi connectivity index (χ0v) is 14.0. The van der Waals surface area contributed by atoms with Crippen LogP contribution in [-0.2, 0) is 19.7 Å². The number of hydrogen-bond acceptors (Lipinski definition) is 4. The Bertz CT molecular complexity index is 512. The highest BCUT2D eigenvalue weighted by atomic mass is 32.2. The van der Waals surface area contributed by atoms with Crippen LogP contribution in [0.25, 0.3) is 0 Å². The molecule has 7 nitrogen and oxygen atoms in total. The summed E-state index contributed by atoms with van der Waals surface area (Å²) >= 11 is 0. The summed E-state index contributed by atoms with van der Waals surface area (Å²) in [6.07, 6.45) is 2.14. The van der Waals surface area contributed by atoms with Crippen molar-refractivity contribution in [3.8, 4) is 0 Å². The van der Waals surface area contributed by atoms with Gasteiger partial charge >= 0.3 is 0 Å². The van der Waals surface area contributed by atoms with Gasteiger partial charge in [0.1, 0.15) is 0 Å². The zero-order valence-electron chi connectivity index (χ0n) is 13.2. The highest BCUT2D eigenvalue weighted by molar-refractivity contribution is 7.87. The minimum absolute atomic E-state index is 0.0382. The van der Waals surface area contributed by atoms with Crippen molar-refractivity contribution in [1.82, 2.24) is 13.9 Å². The van der Waals surface area contributed by atoms with Crippen LogP contribution in [0.4, 0.5) is 0 Å². The van der Waals surface area contributed by atoms with Crippen LogP contribution < -0.4 is 4.72 Å². The Morgan fingerprint density at radius 2 is 1.95 bits per heavy atom. The molecule has 0 aromatic rings. The molecular formula is C14H25N3O4S. The molecule has 0 aromatic heterocycles. The first-order chi connectivity index (χ1) is 10.3. The summed E-state index contributed by atoms with van der Waals surface area (Å²) in [6, 6.07) is -0.145. The van der Waals surface area contributed by atoms with Crippen LogP contribution in [-0.4, -0.2) is 68.5 Å². The molecule has 2 fully saturated rings. The molecule has 0 spiro atoms. The molecule has 22 heavy (non-hydrogen) atoms. The van der Waals surface area contributed by atoms with Crippen molar-refractivity contribution in [1.29, 1.82) is 0 Å². The molecule has 0 radical (unpaired) electrons. The summed E-state index contributed by atoms with van der Waals surface area (Å²) in [5.41, 5.74) is 0. The predicted molar refractivity (Wildman–Crippen MR) is 83.4 cm³/mol. The average molecular weight is 331 g/mol. The van der Waals surface area contributed by atoms with E-state index in [1.807, 2.05) is 0 Å². The van der Waals surface area contributed by atoms with Crippen molar-refractivity contribution >= 4 is 16.1 Å². The van der Waals surface area contributed by atoms with E-state index in [0.29, 0.717) is 39.2 Å². The predicted octanol–water partition coefficient (Wildman–Crippen LogP) is -0.0355. The SMILES string of the molecule is C=C[C@@H]1OCC[C@H]1C(=O)N1CCN(S(=O)(=O)NC(C)C)CC1. The lowest BCUT2D eigenvalue weighted by Gasteiger charge is -2.35. The Balaban J connectivity index is 1.92. The molecule has 0 unspecified atom stereocenters. The van der Waals surface area contributed by atoms with Gasteiger partial charge in [0.25, 0.3) is 10.2 Å². The second-order valence-corrected chi connectivity index (χ2v) is 7.67. The lowest BCUT2D eigenvalue weighted by atomic mass is 9.99. The van der Waals surface area contributed by atoms with Gasteiger partial charge in [-0.25, -0.2) is 0 Å². The highest BCUT2D eigenvalue weighted by Crippen LogP contribution is 2.24. The van der Waals surface area contributed by atoms with Gasteiger partial charge in [-0.3, -0.25) is 4.79 Å². The number of carbonyl (C=O) groups excluding carboxylic acids is 1. The van der Waals surface area contributed by atoms with Crippen molar-refractivity contribution in [2.45, 2.75) is 32.4 Å². The molecule has 2 aliphatic rings. The second kappa shape index (κ2) is 7.08. The third-order valence-electron chi connectivity index (χ3n) is 3.96. The fourth-order valence-corrected chi connectivity index (χ4v) is 4.25. The summed E-state index contributed by atoms with van der Waals surface area (Å²) in [7, 11) is -3.46. The second-order valence-electron chi connectivity index (χ2n) is 5.97. The molecule has 0 bridgehead atoms. The zero-order chi connectivity index (χ0) is 16.3. The first-order valence-corrected chi connectivity index (χ1v) is 9.09. The molecule has 2 heterocycles. The topological polar surface area (TPSA) is 79.0 Å². The van der Waals surface area contributed by atoms with Gasteiger partial charge in [-0.15, -0.1) is 6.58 Å². The summed E-state index contributed by atoms with van der Waals surface area (Å²) in [4.78, 5) is 14.3. The van der Waals surface area contributed by atoms with E-state index < -0.39 is 10.2 Å². The summed E-state index contributed by atoms with van der Waals surface area (Å²) in [5.74, 6) is -0.147. The van der Waals surface area contributed by atoms with E-state index in [4.69, 9.17) is 4.74 Å². The van der Waals surface area contributed by atoms with E-state index in [9.17, 15) is 13.2 Å². The van der Waals surface area contributed by atoms with Crippen LogP contribution in [0.5, 0.6) is 0 Å². The van der Waals surface area contributed by atoms with Crippen molar-refractivity contribution < 1.29 is 17.9 Å². The largest absolute Gasteiger partial charge is 0.373 e. The maximum Gasteiger partial charge on any atom is 0.279 e. The third-order valence-corrected chi connectivity index (χ3v) is 5.77. The van der Waals surface area contributed by atoms with Gasteiger partial charge < -0.3 is 9.64 Å². The van der Waals surface area contributed by atoms with Crippen molar-refractivity contribution in [2.24, 2.45) is 5.92 Å². The standard InChI is InChI=1S/C14H25N3O4S/c1-4-13-12(5-10-21-13)14(18)16-6-8-17(9-7-16)22(19,20)15-11(2)3/h4,11-13,15H,1,5-10H2,2-3H3/t12-,13+/m1/s1. The Labute approximate surface area is 132 Å². The Hall–Kier alpha value is -0.960. The van der Waals surface area contributed by atoms with E-state index in [2.05, 4.69) is 11.3 Å². The Morgan fingerprint density at radius 3 is 2.50 bits per heavy atom. The molecule has 1 amide bonds. The van der Waals surface area contributed by atoms with Crippen LogP contribution in [0.1, 0.15) is 20.3 Å². The Kier molecular flexibility index (Phi) is 5.60. The molecule has 2 atom stereocenters. The summed E-state index contributed by atoms with van der Waals surface area (Å²) in [5, 5.41) is 0. The van der Waals surface area contributed by atoms with Crippen LogP contribution in [0.15, 0.2) is 12.7 Å². The number of hydrogen-bond donors (Lipinski definition) is 1. The molecule has 0 saturated carbocycles. The van der Waals surface area contributed by atoms with Gasteiger partial charge in [-0.2, -0.15) is 17.4 Å². The smallest absolute Gasteiger partial charge is 0.279 e. The molecule has 126 valence electrons. The molecule has 2 saturated heterocycles. The number of carbonyl (C=O) groups is 1. The van der Waals surface area contributed by atoms with E-state index in [-0.39, 0.29) is 24.0 Å². The molecule has 2 rings (SSSR count). The first-order valence-electron chi connectivity index (χ1n) is 7.65. The van der Waals surface area contributed by atoms with Crippen molar-refractivity contribution in [3.63, 3.8) is 0 Å². The van der Waals surface area contributed by atoms with E-state index in [1.54, 1.807) is 24.8 Å². The van der Waals surface area contributed by atoms with E-state index >= 15 is 0 Å². The number of nitrogens with zero attached hydrogens (tertiary/aromatic N) is 2. The fraction of sp³-hybridized carbons (Fsp3) is 0.786. The lowest BCUT2D eigenvalue weighted by molar-refractivity contribution is -0.137. The third kappa shape index (κ3) is 3.87. The maximum absolute atomic E-state index is 12.5. The molecule has 0 aromatic carbocycles. The van der Waals surface area contributed by atoms with Gasteiger partial charge in [-0.05, 0) is 20.3 Å². The summed E-state index contributed by atoms with van der Waals surface area (Å²) in [6.45, 7) is 9.31. The molecular weight excluding hydrogens is 306 g/mol. The highest BCUT2D eigenvalue weighted by Gasteiger charge is 2.37. The quantitative estimate of drug-likeness (QED) is 0.717. The van der Waals surface area contributed by atoms with Crippen molar-refractivity contribution in [2.75, 3.05) is 32.8 Å². The monoisotopic (exact) mass is 331 g/mol. The van der Waals surface area contributed by atoms with Crippen LogP contribution >= 0.6 is 0 Å². The number of ether oxygens (including phenoxy) is 1. The lowest BCUT2D eigenvalue weighted by Crippen LogP contribution is -2.55. The minimum atomic E-state index is -3.46. The Morgan fingerprint density at radius 1 is 1.32 bits per heavy atom. The molecule has 1 N–H and O–H groups in total. The van der Waals surface area contributed by atoms with E-state index in [0.717, 1.165) is 0 Å². The normalized spacial score (nSPS) is 27.3. The fourth-order valence-electron chi connectivity index (χ4n) is 2.86. The molecule has 8 heteroatoms. The molecule has 2 aliphatic heterocycles. The van der Waals surface area contributed by atoms with Crippen LogP contribution in [0.3, 0.4) is 0 Å². The van der Waals surface area contributed by atoms with Crippen molar-refractivity contribution in [3.05, 3.63) is 12.7 Å². The molecule has 0 aliphatic carbocycles. The van der Waals surface area contributed by atoms with E-state index in [1.165, 1.54) is 4.31 Å². The number of nitrogens with one attached hydrogen (secondary N) is 1. The first kappa shape index (κ1) is 17.4. The van der Waals surface area contributed by atoms with Gasteiger partial charge in [-0.1, -0.05) is 6.08 Å². The number of piperazine rings is 1. The maximum atomic E-state index is 12.5. The van der Waals surface area contributed by atoms with Gasteiger partial charge in [0.2, 0.25) is 5.91 Å². The van der Waals surface area contributed by atoms with Gasteiger partial charge in [0.05, 0.1) is 12.0 Å². The van der Waals surface area contributed by atoms with Crippen LogP contribution in [0, 0.1) is 5.92 Å². The van der Waals surface area contributed by atoms with Gasteiger partial charge in [0.15, 0.2) is 0 Å². The number of rotatable bonds is 5. The summed E-state index contributed by atoms with van der Waals surface area (Å²) < 4.78 is 33.6. The average Bonchev–Trinajstić information content (AvgIpc) is 2.93. The van der Waals surface area contributed by atoms with Crippen LogP contribution in [0.2, 0.25) is 0 Å².